The normalized spacial score (nSPS) is 45.5. The number of hydrogen-bond acceptors (Lipinski definition) is 4. The molecule has 2 saturated heterocycles. The lowest BCUT2D eigenvalue weighted by Crippen LogP contribution is -2.59. The molecule has 0 unspecified atom stereocenters. The number of hydrogen-bond donors (Lipinski definition) is 0. The first-order valence-electron chi connectivity index (χ1n) is 7.59. The highest BCUT2D eigenvalue weighted by molar-refractivity contribution is 5.38. The molecule has 5 rings (SSSR count). The van der Waals surface area contributed by atoms with Crippen LogP contribution in [0.5, 0.6) is 5.75 Å². The second-order valence-corrected chi connectivity index (χ2v) is 6.46. The highest BCUT2D eigenvalue weighted by Crippen LogP contribution is 2.73. The van der Waals surface area contributed by atoms with Crippen molar-refractivity contribution in [3.63, 3.8) is 0 Å². The first-order valence-corrected chi connectivity index (χ1v) is 7.59. The number of rotatable bonds is 2. The SMILES string of the molecule is COc1ccc([C@]23OC=C[C@]45CCC[C@]24C[C@H](O3)O5)cc1. The predicted octanol–water partition coefficient (Wildman–Crippen LogP) is 3.08. The van der Waals surface area contributed by atoms with Crippen molar-refractivity contribution in [2.24, 2.45) is 5.41 Å². The van der Waals surface area contributed by atoms with Crippen LogP contribution >= 0.6 is 0 Å². The fourth-order valence-corrected chi connectivity index (χ4v) is 4.94. The van der Waals surface area contributed by atoms with Crippen LogP contribution in [-0.4, -0.2) is 19.0 Å². The Labute approximate surface area is 123 Å². The summed E-state index contributed by atoms with van der Waals surface area (Å²) in [6, 6.07) is 8.04. The second-order valence-electron chi connectivity index (χ2n) is 6.46. The van der Waals surface area contributed by atoms with Gasteiger partial charge in [-0.1, -0.05) is 0 Å². The number of methoxy groups -OCH3 is 1. The highest BCUT2D eigenvalue weighted by atomic mass is 16.8. The summed E-state index contributed by atoms with van der Waals surface area (Å²) in [6.07, 6.45) is 7.95. The van der Waals surface area contributed by atoms with Crippen LogP contribution in [0.2, 0.25) is 0 Å². The van der Waals surface area contributed by atoms with Gasteiger partial charge in [0.05, 0.1) is 18.8 Å². The Morgan fingerprint density at radius 2 is 2.00 bits per heavy atom. The second kappa shape index (κ2) is 3.62. The zero-order valence-electron chi connectivity index (χ0n) is 12.0. The first kappa shape index (κ1) is 12.1. The van der Waals surface area contributed by atoms with Gasteiger partial charge in [0.1, 0.15) is 11.4 Å². The smallest absolute Gasteiger partial charge is 0.247 e. The summed E-state index contributed by atoms with van der Waals surface area (Å²) in [5.74, 6) is 0.143. The molecule has 2 bridgehead atoms. The summed E-state index contributed by atoms with van der Waals surface area (Å²) in [5.41, 5.74) is 0.770. The zero-order chi connectivity index (χ0) is 14.1. The largest absolute Gasteiger partial charge is 0.497 e. The van der Waals surface area contributed by atoms with E-state index in [0.29, 0.717) is 0 Å². The lowest BCUT2D eigenvalue weighted by molar-refractivity contribution is -0.371. The fourth-order valence-electron chi connectivity index (χ4n) is 4.94. The fraction of sp³-hybridized carbons (Fsp3) is 0.529. The standard InChI is InChI=1S/C17H18O4/c1-18-13-5-3-12(4-6-13)17-15-7-2-8-16(15,9-10-19-17)20-14(11-15)21-17/h3-6,9-10,14H,2,7-8,11H2,1H3/t14-,15+,16+,17+/m0/s1. The molecule has 3 fully saturated rings. The highest BCUT2D eigenvalue weighted by Gasteiger charge is 2.79. The zero-order valence-corrected chi connectivity index (χ0v) is 12.0. The molecular weight excluding hydrogens is 268 g/mol. The monoisotopic (exact) mass is 286 g/mol. The molecular formula is C17H18O4. The molecule has 110 valence electrons. The molecule has 0 radical (unpaired) electrons. The molecule has 4 aliphatic rings. The van der Waals surface area contributed by atoms with Crippen LogP contribution in [0.4, 0.5) is 0 Å². The molecule has 4 atom stereocenters. The summed E-state index contributed by atoms with van der Waals surface area (Å²) in [7, 11) is 1.68. The van der Waals surface area contributed by atoms with Crippen molar-refractivity contribution in [1.29, 1.82) is 0 Å². The van der Waals surface area contributed by atoms with Crippen LogP contribution in [0.3, 0.4) is 0 Å². The molecule has 4 heteroatoms. The molecule has 1 saturated carbocycles. The summed E-state index contributed by atoms with van der Waals surface area (Å²) in [6.45, 7) is 0. The van der Waals surface area contributed by atoms with Crippen molar-refractivity contribution in [3.8, 4) is 5.75 Å². The lowest BCUT2D eigenvalue weighted by Gasteiger charge is -2.52. The van der Waals surface area contributed by atoms with Gasteiger partial charge in [-0.2, -0.15) is 0 Å². The van der Waals surface area contributed by atoms with Crippen LogP contribution in [0.15, 0.2) is 36.6 Å². The van der Waals surface area contributed by atoms with Crippen LogP contribution in [0.1, 0.15) is 31.2 Å². The predicted molar refractivity (Wildman–Crippen MR) is 74.5 cm³/mol. The van der Waals surface area contributed by atoms with Gasteiger partial charge in [0.2, 0.25) is 5.79 Å². The van der Waals surface area contributed by atoms with E-state index in [9.17, 15) is 0 Å². The van der Waals surface area contributed by atoms with Gasteiger partial charge >= 0.3 is 0 Å². The molecule has 3 heterocycles. The minimum absolute atomic E-state index is 0.0893. The molecule has 1 aromatic rings. The number of benzene rings is 1. The van der Waals surface area contributed by atoms with Gasteiger partial charge < -0.3 is 18.9 Å². The summed E-state index contributed by atoms with van der Waals surface area (Å²) in [5, 5.41) is 0. The van der Waals surface area contributed by atoms with E-state index in [4.69, 9.17) is 18.9 Å². The Morgan fingerprint density at radius 1 is 1.14 bits per heavy atom. The summed E-state index contributed by atoms with van der Waals surface area (Å²) < 4.78 is 23.8. The first-order chi connectivity index (χ1) is 10.2. The third-order valence-electron chi connectivity index (χ3n) is 5.79. The van der Waals surface area contributed by atoms with Gasteiger partial charge in [0.25, 0.3) is 0 Å². The molecule has 0 N–H and O–H groups in total. The number of ether oxygens (including phenoxy) is 4. The molecule has 0 amide bonds. The van der Waals surface area contributed by atoms with Crippen molar-refractivity contribution >= 4 is 0 Å². The average Bonchev–Trinajstić information content (AvgIpc) is 3.11. The Bertz CT molecular complexity index is 624. The van der Waals surface area contributed by atoms with Gasteiger partial charge in [-0.3, -0.25) is 0 Å². The van der Waals surface area contributed by atoms with Crippen molar-refractivity contribution in [2.75, 3.05) is 7.11 Å². The third-order valence-corrected chi connectivity index (χ3v) is 5.79. The topological polar surface area (TPSA) is 36.9 Å². The van der Waals surface area contributed by atoms with E-state index in [0.717, 1.165) is 37.0 Å². The van der Waals surface area contributed by atoms with Gasteiger partial charge in [-0.25, -0.2) is 0 Å². The molecule has 1 aliphatic carbocycles. The molecule has 21 heavy (non-hydrogen) atoms. The van der Waals surface area contributed by atoms with Crippen LogP contribution < -0.4 is 4.74 Å². The van der Waals surface area contributed by atoms with E-state index in [-0.39, 0.29) is 17.3 Å². The van der Waals surface area contributed by atoms with Crippen molar-refractivity contribution in [2.45, 2.75) is 43.4 Å². The Balaban J connectivity index is 1.69. The van der Waals surface area contributed by atoms with E-state index in [2.05, 4.69) is 18.2 Å². The van der Waals surface area contributed by atoms with E-state index >= 15 is 0 Å². The van der Waals surface area contributed by atoms with Crippen molar-refractivity contribution < 1.29 is 18.9 Å². The van der Waals surface area contributed by atoms with E-state index in [1.165, 1.54) is 0 Å². The third kappa shape index (κ3) is 1.17. The maximum atomic E-state index is 6.24. The molecule has 4 nitrogen and oxygen atoms in total. The van der Waals surface area contributed by atoms with Crippen molar-refractivity contribution in [1.82, 2.24) is 0 Å². The maximum absolute atomic E-state index is 6.24. The van der Waals surface area contributed by atoms with Gasteiger partial charge in [0.15, 0.2) is 6.29 Å². The average molecular weight is 286 g/mol. The lowest BCUT2D eigenvalue weighted by atomic mass is 9.65. The summed E-state index contributed by atoms with van der Waals surface area (Å²) >= 11 is 0. The van der Waals surface area contributed by atoms with E-state index in [1.807, 2.05) is 12.1 Å². The maximum Gasteiger partial charge on any atom is 0.247 e. The Hall–Kier alpha value is -1.52. The van der Waals surface area contributed by atoms with Gasteiger partial charge in [-0.15, -0.1) is 0 Å². The van der Waals surface area contributed by atoms with Crippen LogP contribution in [-0.2, 0) is 20.0 Å². The van der Waals surface area contributed by atoms with Crippen molar-refractivity contribution in [3.05, 3.63) is 42.2 Å². The Kier molecular flexibility index (Phi) is 2.08. The molecule has 1 aromatic carbocycles. The van der Waals surface area contributed by atoms with E-state index < -0.39 is 5.79 Å². The minimum Gasteiger partial charge on any atom is -0.497 e. The molecule has 1 spiro atoms. The van der Waals surface area contributed by atoms with Gasteiger partial charge in [0, 0.05) is 12.0 Å². The van der Waals surface area contributed by atoms with Crippen LogP contribution in [0, 0.1) is 5.41 Å². The quantitative estimate of drug-likeness (QED) is 0.837. The van der Waals surface area contributed by atoms with Crippen LogP contribution in [0.25, 0.3) is 0 Å². The number of fused-ring (bicyclic) bond motifs is 1. The van der Waals surface area contributed by atoms with Gasteiger partial charge in [-0.05, 0) is 49.6 Å². The Morgan fingerprint density at radius 3 is 2.81 bits per heavy atom. The summed E-state index contributed by atoms with van der Waals surface area (Å²) in [4.78, 5) is 0. The van der Waals surface area contributed by atoms with E-state index in [1.54, 1.807) is 13.4 Å². The molecule has 0 aromatic heterocycles. The molecule has 3 aliphatic heterocycles. The minimum atomic E-state index is -0.701.